The SMILES string of the molecule is [2H]C([2H])([2H])C([2H])([2H])C#Cc1ccccc1. The zero-order valence-electron chi connectivity index (χ0n) is 10.4. The fourth-order valence-corrected chi connectivity index (χ4v) is 0.625. The first-order valence-corrected chi connectivity index (χ1v) is 2.91. The Morgan fingerprint density at radius 1 is 1.50 bits per heavy atom. The van der Waals surface area contributed by atoms with Gasteiger partial charge in [0.2, 0.25) is 0 Å². The molecule has 0 heterocycles. The summed E-state index contributed by atoms with van der Waals surface area (Å²) in [4.78, 5) is 0. The molecule has 0 heteroatoms. The summed E-state index contributed by atoms with van der Waals surface area (Å²) in [6, 6.07) is 8.72. The van der Waals surface area contributed by atoms with E-state index < -0.39 is 13.2 Å². The van der Waals surface area contributed by atoms with Crippen LogP contribution in [-0.2, 0) is 0 Å². The predicted molar refractivity (Wildman–Crippen MR) is 43.6 cm³/mol. The molecule has 0 bridgehead atoms. The zero-order valence-corrected chi connectivity index (χ0v) is 5.39. The molecule has 0 fully saturated rings. The van der Waals surface area contributed by atoms with E-state index >= 15 is 0 Å². The Hall–Kier alpha value is -1.22. The van der Waals surface area contributed by atoms with Crippen molar-refractivity contribution in [1.29, 1.82) is 0 Å². The van der Waals surface area contributed by atoms with Gasteiger partial charge in [0.1, 0.15) is 0 Å². The molecular formula is C10H10. The summed E-state index contributed by atoms with van der Waals surface area (Å²) in [6.45, 7) is -2.71. The van der Waals surface area contributed by atoms with E-state index in [0.29, 0.717) is 5.56 Å². The maximum absolute atomic E-state index is 7.26. The van der Waals surface area contributed by atoms with Gasteiger partial charge in [-0.2, -0.15) is 0 Å². The minimum Gasteiger partial charge on any atom is -0.0982 e. The van der Waals surface area contributed by atoms with Gasteiger partial charge in [-0.25, -0.2) is 0 Å². The van der Waals surface area contributed by atoms with Crippen molar-refractivity contribution in [2.45, 2.75) is 13.2 Å². The lowest BCUT2D eigenvalue weighted by atomic mass is 10.2. The number of benzene rings is 1. The molecule has 0 N–H and O–H groups in total. The van der Waals surface area contributed by atoms with Crippen LogP contribution >= 0.6 is 0 Å². The van der Waals surface area contributed by atoms with Crippen LogP contribution in [0.4, 0.5) is 0 Å². The molecule has 0 aliphatic rings. The zero-order chi connectivity index (χ0) is 11.5. The molecule has 0 unspecified atom stereocenters. The molecule has 1 aromatic rings. The van der Waals surface area contributed by atoms with Crippen LogP contribution in [0.25, 0.3) is 0 Å². The summed E-state index contributed by atoms with van der Waals surface area (Å²) in [7, 11) is 0. The van der Waals surface area contributed by atoms with Gasteiger partial charge in [0.05, 0.1) is 0 Å². The summed E-state index contributed by atoms with van der Waals surface area (Å²) in [6.07, 6.45) is -2.47. The maximum Gasteiger partial charge on any atom is 0.0400 e. The number of hydrogen-bond acceptors (Lipinski definition) is 0. The van der Waals surface area contributed by atoms with Crippen LogP contribution < -0.4 is 0 Å². The maximum atomic E-state index is 7.26. The molecule has 50 valence electrons. The van der Waals surface area contributed by atoms with E-state index in [1.807, 2.05) is 6.07 Å². The van der Waals surface area contributed by atoms with Gasteiger partial charge in [-0.1, -0.05) is 36.9 Å². The van der Waals surface area contributed by atoms with E-state index in [4.69, 9.17) is 6.85 Å². The normalized spacial score (nSPS) is 18.2. The highest BCUT2D eigenvalue weighted by Gasteiger charge is 1.78. The van der Waals surface area contributed by atoms with Gasteiger partial charge in [-0.3, -0.25) is 0 Å². The quantitative estimate of drug-likeness (QED) is 0.479. The number of hydrogen-bond donors (Lipinski definition) is 0. The fraction of sp³-hybridized carbons (Fsp3) is 0.200. The average Bonchev–Trinajstić information content (AvgIpc) is 2.15. The minimum atomic E-state index is -2.71. The van der Waals surface area contributed by atoms with Gasteiger partial charge in [-0.05, 0) is 12.1 Å². The molecule has 0 aromatic heterocycles. The third kappa shape index (κ3) is 1.95. The Labute approximate surface area is 68.9 Å². The van der Waals surface area contributed by atoms with Gasteiger partial charge >= 0.3 is 0 Å². The Morgan fingerprint density at radius 2 is 2.30 bits per heavy atom. The van der Waals surface area contributed by atoms with Crippen molar-refractivity contribution >= 4 is 0 Å². The molecule has 0 saturated carbocycles. The Kier molecular flexibility index (Phi) is 1.05. The van der Waals surface area contributed by atoms with Gasteiger partial charge in [0.15, 0.2) is 0 Å². The highest BCUT2D eigenvalue weighted by atomic mass is 13.8. The van der Waals surface area contributed by atoms with Crippen LogP contribution in [0, 0.1) is 11.8 Å². The van der Waals surface area contributed by atoms with E-state index in [0.717, 1.165) is 0 Å². The largest absolute Gasteiger partial charge is 0.0982 e. The van der Waals surface area contributed by atoms with Crippen LogP contribution in [0.2, 0.25) is 0 Å². The van der Waals surface area contributed by atoms with E-state index in [1.54, 1.807) is 24.3 Å². The second-order valence-electron chi connectivity index (χ2n) is 1.74. The summed E-state index contributed by atoms with van der Waals surface area (Å²) in [5.74, 6) is 4.64. The molecule has 0 atom stereocenters. The van der Waals surface area contributed by atoms with Crippen molar-refractivity contribution in [3.63, 3.8) is 0 Å². The van der Waals surface area contributed by atoms with Crippen LogP contribution in [-0.4, -0.2) is 0 Å². The number of rotatable bonds is 0. The first kappa shape index (κ1) is 2.80. The summed E-state index contributed by atoms with van der Waals surface area (Å²) in [5.41, 5.74) is 0.602. The first-order chi connectivity index (χ1) is 6.83. The monoisotopic (exact) mass is 135 g/mol. The standard InChI is InChI=1S/C10H10/c1-2-3-7-10-8-5-4-6-9-10/h4-6,8-9H,2H2,1H3/i1D3,2D2. The van der Waals surface area contributed by atoms with Gasteiger partial charge < -0.3 is 0 Å². The summed E-state index contributed by atoms with van der Waals surface area (Å²) < 4.78 is 35.4. The molecule has 0 aliphatic heterocycles. The second kappa shape index (κ2) is 3.74. The van der Waals surface area contributed by atoms with Crippen LogP contribution in [0.5, 0.6) is 0 Å². The molecule has 0 radical (unpaired) electrons. The first-order valence-electron chi connectivity index (χ1n) is 5.41. The summed E-state index contributed by atoms with van der Waals surface area (Å²) in [5, 5.41) is 0. The summed E-state index contributed by atoms with van der Waals surface area (Å²) >= 11 is 0. The highest BCUT2D eigenvalue weighted by Crippen LogP contribution is 1.94. The molecule has 0 nitrogen and oxygen atoms in total. The lowest BCUT2D eigenvalue weighted by Crippen LogP contribution is -1.69. The van der Waals surface area contributed by atoms with E-state index in [1.165, 1.54) is 0 Å². The van der Waals surface area contributed by atoms with E-state index in [2.05, 4.69) is 11.8 Å². The Bertz CT molecular complexity index is 380. The Morgan fingerprint density at radius 3 is 3.00 bits per heavy atom. The molecular weight excluding hydrogens is 120 g/mol. The molecule has 0 spiro atoms. The van der Waals surface area contributed by atoms with E-state index in [9.17, 15) is 0 Å². The molecule has 1 rings (SSSR count). The van der Waals surface area contributed by atoms with Crippen molar-refractivity contribution in [1.82, 2.24) is 0 Å². The van der Waals surface area contributed by atoms with Crippen LogP contribution in [0.3, 0.4) is 0 Å². The van der Waals surface area contributed by atoms with Gasteiger partial charge in [0, 0.05) is 18.8 Å². The topological polar surface area (TPSA) is 0 Å². The molecule has 0 amide bonds. The lowest BCUT2D eigenvalue weighted by Gasteiger charge is -1.84. The van der Waals surface area contributed by atoms with E-state index in [-0.39, 0.29) is 0 Å². The smallest absolute Gasteiger partial charge is 0.0400 e. The van der Waals surface area contributed by atoms with Crippen molar-refractivity contribution in [2.75, 3.05) is 0 Å². The van der Waals surface area contributed by atoms with Crippen molar-refractivity contribution < 1.29 is 6.85 Å². The fourth-order valence-electron chi connectivity index (χ4n) is 0.625. The van der Waals surface area contributed by atoms with Crippen molar-refractivity contribution in [3.8, 4) is 11.8 Å². The second-order valence-corrected chi connectivity index (χ2v) is 1.74. The lowest BCUT2D eigenvalue weighted by molar-refractivity contribution is 1.28. The molecule has 10 heavy (non-hydrogen) atoms. The van der Waals surface area contributed by atoms with Gasteiger partial charge in [0.25, 0.3) is 0 Å². The average molecular weight is 135 g/mol. The van der Waals surface area contributed by atoms with Crippen LogP contribution in [0.15, 0.2) is 30.3 Å². The molecule has 0 aliphatic carbocycles. The van der Waals surface area contributed by atoms with Crippen LogP contribution in [0.1, 0.15) is 25.6 Å². The third-order valence-electron chi connectivity index (χ3n) is 1.04. The molecule has 1 aromatic carbocycles. The highest BCUT2D eigenvalue weighted by molar-refractivity contribution is 5.33. The predicted octanol–water partition coefficient (Wildman–Crippen LogP) is 2.45. The van der Waals surface area contributed by atoms with Crippen molar-refractivity contribution in [3.05, 3.63) is 35.9 Å². The van der Waals surface area contributed by atoms with Crippen molar-refractivity contribution in [2.24, 2.45) is 0 Å². The van der Waals surface area contributed by atoms with Gasteiger partial charge in [-0.15, -0.1) is 0 Å². The Balaban J connectivity index is 2.92. The minimum absolute atomic E-state index is 0.602. The molecule has 0 saturated heterocycles. The third-order valence-corrected chi connectivity index (χ3v) is 1.04.